The van der Waals surface area contributed by atoms with Gasteiger partial charge >= 0.3 is 0 Å². The number of imidazole rings is 1. The zero-order valence-corrected chi connectivity index (χ0v) is 9.36. The Morgan fingerprint density at radius 1 is 1.57 bits per heavy atom. The van der Waals surface area contributed by atoms with Gasteiger partial charge in [-0.3, -0.25) is 0 Å². The predicted octanol–water partition coefficient (Wildman–Crippen LogP) is 2.27. The molecule has 0 bridgehead atoms. The van der Waals surface area contributed by atoms with E-state index in [-0.39, 0.29) is 0 Å². The van der Waals surface area contributed by atoms with Crippen molar-refractivity contribution in [1.82, 2.24) is 9.97 Å². The number of aromatic amines is 1. The van der Waals surface area contributed by atoms with Crippen LogP contribution in [0.5, 0.6) is 0 Å². The topological polar surface area (TPSA) is 40.7 Å². The van der Waals surface area contributed by atoms with E-state index in [0.717, 1.165) is 24.1 Å². The number of nitrogens with zero attached hydrogens (tertiary/aromatic N) is 1. The third-order valence-electron chi connectivity index (χ3n) is 2.60. The number of thioether (sulfide) groups is 1. The van der Waals surface area contributed by atoms with E-state index >= 15 is 0 Å². The summed E-state index contributed by atoms with van der Waals surface area (Å²) in [5.74, 6) is 4.40. The molecule has 1 fully saturated rings. The van der Waals surface area contributed by atoms with Crippen molar-refractivity contribution in [3.05, 3.63) is 11.9 Å². The lowest BCUT2D eigenvalue weighted by molar-refractivity contribution is 0.515. The molecule has 2 heterocycles. The largest absolute Gasteiger partial charge is 0.356 e. The summed E-state index contributed by atoms with van der Waals surface area (Å²) in [6.45, 7) is 3.09. The number of aromatic nitrogens is 2. The number of H-pyrrole nitrogens is 1. The first kappa shape index (κ1) is 9.90. The molecule has 1 aliphatic rings. The summed E-state index contributed by atoms with van der Waals surface area (Å²) in [5.41, 5.74) is 1.12. The van der Waals surface area contributed by atoms with Gasteiger partial charge in [0.05, 0.1) is 0 Å². The van der Waals surface area contributed by atoms with Gasteiger partial charge in [0, 0.05) is 18.4 Å². The number of hydrogen-bond acceptors (Lipinski definition) is 3. The van der Waals surface area contributed by atoms with Gasteiger partial charge in [-0.1, -0.05) is 0 Å². The van der Waals surface area contributed by atoms with Crippen LogP contribution in [0.4, 0.5) is 5.95 Å². The number of rotatable bonds is 3. The Bertz CT molecular complexity index is 279. The number of aryl methyl sites for hydroxylation is 1. The number of nitrogens with one attached hydrogen (secondary N) is 2. The first-order valence-corrected chi connectivity index (χ1v) is 6.33. The Morgan fingerprint density at radius 2 is 2.36 bits per heavy atom. The van der Waals surface area contributed by atoms with Crippen molar-refractivity contribution < 1.29 is 0 Å². The maximum atomic E-state index is 4.23. The Kier molecular flexibility index (Phi) is 3.35. The van der Waals surface area contributed by atoms with E-state index in [1.165, 1.54) is 24.3 Å². The van der Waals surface area contributed by atoms with Gasteiger partial charge in [-0.25, -0.2) is 4.98 Å². The van der Waals surface area contributed by atoms with E-state index in [4.69, 9.17) is 0 Å². The van der Waals surface area contributed by atoms with Gasteiger partial charge in [-0.15, -0.1) is 0 Å². The molecule has 2 rings (SSSR count). The Hall–Kier alpha value is -0.640. The van der Waals surface area contributed by atoms with Gasteiger partial charge in [0.15, 0.2) is 5.95 Å². The summed E-state index contributed by atoms with van der Waals surface area (Å²) in [6.07, 6.45) is 4.55. The highest BCUT2D eigenvalue weighted by Gasteiger charge is 2.13. The molecular formula is C10H17N3S. The van der Waals surface area contributed by atoms with E-state index < -0.39 is 0 Å². The first-order valence-electron chi connectivity index (χ1n) is 5.18. The van der Waals surface area contributed by atoms with Crippen LogP contribution in [-0.2, 0) is 0 Å². The first-order chi connectivity index (χ1) is 6.84. The zero-order valence-electron chi connectivity index (χ0n) is 8.55. The molecule has 4 heteroatoms. The quantitative estimate of drug-likeness (QED) is 0.806. The van der Waals surface area contributed by atoms with Crippen LogP contribution < -0.4 is 5.32 Å². The van der Waals surface area contributed by atoms with Crippen LogP contribution in [0.25, 0.3) is 0 Å². The molecule has 2 N–H and O–H groups in total. The highest BCUT2D eigenvalue weighted by Crippen LogP contribution is 2.22. The summed E-state index contributed by atoms with van der Waals surface area (Å²) in [5, 5.41) is 3.36. The minimum Gasteiger partial charge on any atom is -0.356 e. The van der Waals surface area contributed by atoms with Gasteiger partial charge < -0.3 is 10.3 Å². The van der Waals surface area contributed by atoms with E-state index in [1.807, 2.05) is 13.1 Å². The van der Waals surface area contributed by atoms with E-state index in [0.29, 0.717) is 0 Å². The lowest BCUT2D eigenvalue weighted by atomic mass is 10.0. The van der Waals surface area contributed by atoms with Crippen LogP contribution in [0, 0.1) is 12.8 Å². The number of anilines is 1. The van der Waals surface area contributed by atoms with Crippen molar-refractivity contribution in [2.75, 3.05) is 23.4 Å². The Labute approximate surface area is 89.1 Å². The molecule has 1 aliphatic heterocycles. The fraction of sp³-hybridized carbons (Fsp3) is 0.700. The molecule has 0 saturated carbocycles. The summed E-state index contributed by atoms with van der Waals surface area (Å²) >= 11 is 2.07. The van der Waals surface area contributed by atoms with Crippen LogP contribution in [0.2, 0.25) is 0 Å². The monoisotopic (exact) mass is 211 g/mol. The van der Waals surface area contributed by atoms with Gasteiger partial charge in [0.25, 0.3) is 0 Å². The van der Waals surface area contributed by atoms with Gasteiger partial charge in [0.1, 0.15) is 0 Å². The molecule has 0 radical (unpaired) electrons. The van der Waals surface area contributed by atoms with Gasteiger partial charge in [0.2, 0.25) is 0 Å². The smallest absolute Gasteiger partial charge is 0.200 e. The van der Waals surface area contributed by atoms with Crippen LogP contribution in [0.1, 0.15) is 18.5 Å². The molecular weight excluding hydrogens is 194 g/mol. The van der Waals surface area contributed by atoms with Gasteiger partial charge in [-0.2, -0.15) is 11.8 Å². The molecule has 1 aromatic rings. The molecule has 3 nitrogen and oxygen atoms in total. The highest BCUT2D eigenvalue weighted by atomic mass is 32.2. The van der Waals surface area contributed by atoms with Crippen LogP contribution in [-0.4, -0.2) is 28.0 Å². The second-order valence-electron chi connectivity index (χ2n) is 3.85. The molecule has 1 saturated heterocycles. The normalized spacial score (nSPS) is 18.4. The fourth-order valence-corrected chi connectivity index (χ4v) is 2.90. The summed E-state index contributed by atoms with van der Waals surface area (Å²) in [4.78, 5) is 7.42. The van der Waals surface area contributed by atoms with E-state index in [1.54, 1.807) is 0 Å². The molecule has 14 heavy (non-hydrogen) atoms. The third-order valence-corrected chi connectivity index (χ3v) is 3.65. The van der Waals surface area contributed by atoms with Crippen molar-refractivity contribution in [1.29, 1.82) is 0 Å². The van der Waals surface area contributed by atoms with Crippen LogP contribution in [0.15, 0.2) is 6.20 Å². The average molecular weight is 211 g/mol. The van der Waals surface area contributed by atoms with Crippen LogP contribution in [0.3, 0.4) is 0 Å². The lowest BCUT2D eigenvalue weighted by Gasteiger charge is -2.21. The molecule has 0 amide bonds. The Balaban J connectivity index is 1.76. The lowest BCUT2D eigenvalue weighted by Crippen LogP contribution is -2.19. The predicted molar refractivity (Wildman–Crippen MR) is 61.9 cm³/mol. The minimum atomic E-state index is 0.835. The average Bonchev–Trinajstić information content (AvgIpc) is 2.63. The maximum Gasteiger partial charge on any atom is 0.200 e. The van der Waals surface area contributed by atoms with Crippen molar-refractivity contribution >= 4 is 17.7 Å². The highest BCUT2D eigenvalue weighted by molar-refractivity contribution is 7.99. The molecule has 0 unspecified atom stereocenters. The zero-order chi connectivity index (χ0) is 9.80. The van der Waals surface area contributed by atoms with Gasteiger partial charge in [-0.05, 0) is 37.2 Å². The molecule has 0 atom stereocenters. The third kappa shape index (κ3) is 2.67. The Morgan fingerprint density at radius 3 is 3.00 bits per heavy atom. The SMILES string of the molecule is Cc1cnc(NCC2CCSCC2)[nH]1. The second kappa shape index (κ2) is 4.73. The molecule has 0 aromatic carbocycles. The molecule has 1 aromatic heterocycles. The van der Waals surface area contributed by atoms with Crippen molar-refractivity contribution in [3.8, 4) is 0 Å². The van der Waals surface area contributed by atoms with E-state index in [9.17, 15) is 0 Å². The molecule has 0 spiro atoms. The molecule has 0 aliphatic carbocycles. The minimum absolute atomic E-state index is 0.835. The van der Waals surface area contributed by atoms with Crippen molar-refractivity contribution in [2.45, 2.75) is 19.8 Å². The standard InChI is InChI=1S/C10H17N3S/c1-8-6-11-10(13-8)12-7-9-2-4-14-5-3-9/h6,9H,2-5,7H2,1H3,(H2,11,12,13). The maximum absolute atomic E-state index is 4.23. The summed E-state index contributed by atoms with van der Waals surface area (Å²) in [6, 6.07) is 0. The molecule has 78 valence electrons. The van der Waals surface area contributed by atoms with Crippen molar-refractivity contribution in [3.63, 3.8) is 0 Å². The summed E-state index contributed by atoms with van der Waals surface area (Å²) < 4.78 is 0. The van der Waals surface area contributed by atoms with Crippen molar-refractivity contribution in [2.24, 2.45) is 5.92 Å². The fourth-order valence-electron chi connectivity index (χ4n) is 1.69. The van der Waals surface area contributed by atoms with Crippen LogP contribution >= 0.6 is 11.8 Å². The number of hydrogen-bond donors (Lipinski definition) is 2. The van der Waals surface area contributed by atoms with E-state index in [2.05, 4.69) is 27.0 Å². The summed E-state index contributed by atoms with van der Waals surface area (Å²) in [7, 11) is 0. The second-order valence-corrected chi connectivity index (χ2v) is 5.08.